The van der Waals surface area contributed by atoms with E-state index in [2.05, 4.69) is 0 Å². The molecule has 0 heterocycles. The molecule has 1 aliphatic carbocycles. The maximum absolute atomic E-state index is 11.7. The average Bonchev–Trinajstić information content (AvgIpc) is 2.86. The quantitative estimate of drug-likeness (QED) is 0.659. The Labute approximate surface area is 139 Å². The molecule has 8 nitrogen and oxygen atoms in total. The van der Waals surface area contributed by atoms with Crippen molar-refractivity contribution in [3.63, 3.8) is 0 Å². The second kappa shape index (κ2) is 5.45. The Morgan fingerprint density at radius 2 is 1.28 bits per heavy atom. The molecule has 0 aromatic heterocycles. The molecule has 2 aromatic carbocycles. The molecule has 1 unspecified atom stereocenters. The molecule has 0 spiro atoms. The van der Waals surface area contributed by atoms with Crippen LogP contribution >= 0.6 is 0 Å². The fourth-order valence-electron chi connectivity index (χ4n) is 3.15. The molecule has 25 heavy (non-hydrogen) atoms. The fraction of sp³-hybridized carbons (Fsp3) is 0.0588. The lowest BCUT2D eigenvalue weighted by Crippen LogP contribution is -2.15. The highest BCUT2D eigenvalue weighted by molar-refractivity contribution is 6.06. The standard InChI is InChI=1S/C17H10O8/c18-14(19)7-3-1-2-6-8-4-10(15(20)21)11(16(22)23)5-9(8)13(12(6)7)17(24)25/h1-5,13H,(H,18,19)(H,20,21)(H,22,23)(H,24,25). The monoisotopic (exact) mass is 342 g/mol. The van der Waals surface area contributed by atoms with E-state index in [0.29, 0.717) is 0 Å². The van der Waals surface area contributed by atoms with Crippen molar-refractivity contribution in [2.45, 2.75) is 5.92 Å². The Hall–Kier alpha value is -3.68. The van der Waals surface area contributed by atoms with Crippen molar-refractivity contribution in [2.24, 2.45) is 0 Å². The highest BCUT2D eigenvalue weighted by atomic mass is 16.4. The summed E-state index contributed by atoms with van der Waals surface area (Å²) in [5.74, 6) is -7.06. The molecule has 0 saturated carbocycles. The Balaban J connectivity index is 2.42. The van der Waals surface area contributed by atoms with Gasteiger partial charge in [-0.25, -0.2) is 14.4 Å². The smallest absolute Gasteiger partial charge is 0.336 e. The van der Waals surface area contributed by atoms with Crippen LogP contribution in [0.1, 0.15) is 48.1 Å². The van der Waals surface area contributed by atoms with E-state index in [4.69, 9.17) is 0 Å². The Kier molecular flexibility index (Phi) is 3.53. The van der Waals surface area contributed by atoms with Crippen molar-refractivity contribution in [1.29, 1.82) is 0 Å². The van der Waals surface area contributed by atoms with Crippen molar-refractivity contribution >= 4 is 23.9 Å². The van der Waals surface area contributed by atoms with Crippen molar-refractivity contribution in [3.8, 4) is 11.1 Å². The zero-order valence-corrected chi connectivity index (χ0v) is 12.4. The normalized spacial score (nSPS) is 14.5. The molecule has 0 saturated heterocycles. The molecule has 126 valence electrons. The van der Waals surface area contributed by atoms with Gasteiger partial charge in [-0.15, -0.1) is 0 Å². The first-order valence-corrected chi connectivity index (χ1v) is 6.98. The van der Waals surface area contributed by atoms with Crippen LogP contribution in [0.3, 0.4) is 0 Å². The Bertz CT molecular complexity index is 973. The molecular formula is C17H10O8. The van der Waals surface area contributed by atoms with Crippen LogP contribution in [0.25, 0.3) is 11.1 Å². The number of fused-ring (bicyclic) bond motifs is 3. The number of carbonyl (C=O) groups is 4. The first-order chi connectivity index (χ1) is 11.7. The van der Waals surface area contributed by atoms with Crippen LogP contribution in [0.15, 0.2) is 30.3 Å². The summed E-state index contributed by atoms with van der Waals surface area (Å²) in [5.41, 5.74) is -0.745. The maximum atomic E-state index is 11.7. The molecule has 0 radical (unpaired) electrons. The van der Waals surface area contributed by atoms with E-state index in [1.54, 1.807) is 0 Å². The van der Waals surface area contributed by atoms with Gasteiger partial charge in [-0.1, -0.05) is 12.1 Å². The van der Waals surface area contributed by atoms with Crippen molar-refractivity contribution < 1.29 is 39.6 Å². The van der Waals surface area contributed by atoms with Gasteiger partial charge in [-0.3, -0.25) is 4.79 Å². The van der Waals surface area contributed by atoms with E-state index in [1.807, 2.05) is 0 Å². The highest BCUT2D eigenvalue weighted by Gasteiger charge is 2.39. The summed E-state index contributed by atoms with van der Waals surface area (Å²) in [5, 5.41) is 37.4. The van der Waals surface area contributed by atoms with Crippen LogP contribution in [0.2, 0.25) is 0 Å². The van der Waals surface area contributed by atoms with Gasteiger partial charge in [0.2, 0.25) is 0 Å². The summed E-state index contributed by atoms with van der Waals surface area (Å²) in [4.78, 5) is 45.9. The van der Waals surface area contributed by atoms with Crippen LogP contribution in [-0.4, -0.2) is 44.3 Å². The Morgan fingerprint density at radius 3 is 1.80 bits per heavy atom. The van der Waals surface area contributed by atoms with Gasteiger partial charge in [0, 0.05) is 0 Å². The topological polar surface area (TPSA) is 149 Å². The van der Waals surface area contributed by atoms with E-state index < -0.39 is 40.9 Å². The minimum Gasteiger partial charge on any atom is -0.481 e. The Morgan fingerprint density at radius 1 is 0.720 bits per heavy atom. The van der Waals surface area contributed by atoms with Gasteiger partial charge < -0.3 is 20.4 Å². The maximum Gasteiger partial charge on any atom is 0.336 e. The summed E-state index contributed by atoms with van der Waals surface area (Å²) in [6.07, 6.45) is 0. The third kappa shape index (κ3) is 2.31. The van der Waals surface area contributed by atoms with E-state index in [-0.39, 0.29) is 27.8 Å². The van der Waals surface area contributed by atoms with Crippen molar-refractivity contribution in [1.82, 2.24) is 0 Å². The van der Waals surface area contributed by atoms with Gasteiger partial charge >= 0.3 is 23.9 Å². The lowest BCUT2D eigenvalue weighted by molar-refractivity contribution is -0.137. The van der Waals surface area contributed by atoms with Gasteiger partial charge in [0.25, 0.3) is 0 Å². The number of benzene rings is 2. The summed E-state index contributed by atoms with van der Waals surface area (Å²) in [6.45, 7) is 0. The predicted molar refractivity (Wildman–Crippen MR) is 82.2 cm³/mol. The minimum atomic E-state index is -1.52. The number of hydrogen-bond acceptors (Lipinski definition) is 4. The van der Waals surface area contributed by atoms with Gasteiger partial charge in [0.05, 0.1) is 16.7 Å². The number of hydrogen-bond donors (Lipinski definition) is 4. The molecule has 4 N–H and O–H groups in total. The molecule has 8 heteroatoms. The van der Waals surface area contributed by atoms with Gasteiger partial charge in [0.15, 0.2) is 0 Å². The molecule has 3 rings (SSSR count). The molecule has 0 aliphatic heterocycles. The minimum absolute atomic E-state index is 0.0105. The predicted octanol–water partition coefficient (Wildman–Crippen LogP) is 1.98. The van der Waals surface area contributed by atoms with Crippen LogP contribution in [0.4, 0.5) is 0 Å². The highest BCUT2D eigenvalue weighted by Crippen LogP contribution is 2.47. The first-order valence-electron chi connectivity index (χ1n) is 6.98. The summed E-state index contributed by atoms with van der Waals surface area (Å²) < 4.78 is 0. The lowest BCUT2D eigenvalue weighted by atomic mass is 9.91. The lowest BCUT2D eigenvalue weighted by Gasteiger charge is -2.11. The van der Waals surface area contributed by atoms with E-state index >= 15 is 0 Å². The number of carboxylic acids is 4. The van der Waals surface area contributed by atoms with E-state index in [9.17, 15) is 39.6 Å². The van der Waals surface area contributed by atoms with Gasteiger partial charge in [-0.05, 0) is 40.5 Å². The zero-order chi connectivity index (χ0) is 18.5. The van der Waals surface area contributed by atoms with Crippen LogP contribution in [0, 0.1) is 0 Å². The summed E-state index contributed by atoms with van der Waals surface area (Å²) in [6, 6.07) is 6.22. The van der Waals surface area contributed by atoms with Gasteiger partial charge in [0.1, 0.15) is 5.92 Å². The van der Waals surface area contributed by atoms with Gasteiger partial charge in [-0.2, -0.15) is 0 Å². The number of rotatable bonds is 4. The van der Waals surface area contributed by atoms with Crippen LogP contribution < -0.4 is 0 Å². The van der Waals surface area contributed by atoms with E-state index in [1.165, 1.54) is 18.2 Å². The SMILES string of the molecule is O=C(O)c1cc2c(cc1C(=O)O)C(C(=O)O)c1c(C(=O)O)cccc1-2. The molecule has 0 fully saturated rings. The number of aliphatic carboxylic acids is 1. The molecule has 0 amide bonds. The molecule has 1 aliphatic rings. The fourth-order valence-corrected chi connectivity index (χ4v) is 3.15. The number of carboxylic acid groups (broad SMARTS) is 4. The molecule has 1 atom stereocenters. The van der Waals surface area contributed by atoms with Crippen LogP contribution in [0.5, 0.6) is 0 Å². The molecule has 2 aromatic rings. The largest absolute Gasteiger partial charge is 0.481 e. The van der Waals surface area contributed by atoms with Crippen LogP contribution in [-0.2, 0) is 4.79 Å². The summed E-state index contributed by atoms with van der Waals surface area (Å²) >= 11 is 0. The average molecular weight is 342 g/mol. The second-order valence-electron chi connectivity index (χ2n) is 5.44. The van der Waals surface area contributed by atoms with Crippen molar-refractivity contribution in [2.75, 3.05) is 0 Å². The third-order valence-electron chi connectivity index (χ3n) is 4.12. The zero-order valence-electron chi connectivity index (χ0n) is 12.4. The van der Waals surface area contributed by atoms with Crippen molar-refractivity contribution in [3.05, 3.63) is 58.1 Å². The molecule has 0 bridgehead atoms. The third-order valence-corrected chi connectivity index (χ3v) is 4.12. The first kappa shape index (κ1) is 16.2. The number of aromatic carboxylic acids is 3. The summed E-state index contributed by atoms with van der Waals surface area (Å²) in [7, 11) is 0. The molecular weight excluding hydrogens is 332 g/mol. The van der Waals surface area contributed by atoms with E-state index in [0.717, 1.165) is 12.1 Å². The second-order valence-corrected chi connectivity index (χ2v) is 5.44.